The van der Waals surface area contributed by atoms with Gasteiger partial charge in [0, 0.05) is 6.92 Å². The van der Waals surface area contributed by atoms with Gasteiger partial charge in [-0.3, -0.25) is 9.59 Å². The molecule has 0 radical (unpaired) electrons. The number of esters is 1. The Labute approximate surface area is 112 Å². The molecule has 1 rings (SSSR count). The predicted molar refractivity (Wildman–Crippen MR) is 68.8 cm³/mol. The van der Waals surface area contributed by atoms with E-state index in [4.69, 9.17) is 10.00 Å². The van der Waals surface area contributed by atoms with Crippen LogP contribution in [-0.2, 0) is 14.3 Å². The SMILES string of the molecule is CC(=O)N[C@H](CC(=O)O[C@@H](C)C#N)c1ccccc1. The van der Waals surface area contributed by atoms with Crippen LogP contribution < -0.4 is 5.32 Å². The van der Waals surface area contributed by atoms with Crippen molar-refractivity contribution < 1.29 is 14.3 Å². The molecule has 0 fully saturated rings. The highest BCUT2D eigenvalue weighted by atomic mass is 16.5. The average molecular weight is 260 g/mol. The molecule has 2 atom stereocenters. The maximum absolute atomic E-state index is 11.7. The standard InChI is InChI=1S/C14H16N2O3/c1-10(9-15)19-14(18)8-13(16-11(2)17)12-6-4-3-5-7-12/h3-7,10,13H,8H2,1-2H3,(H,16,17)/t10-,13+/m0/s1. The van der Waals surface area contributed by atoms with Gasteiger partial charge in [0.05, 0.1) is 12.5 Å². The second-order valence-corrected chi connectivity index (χ2v) is 4.13. The van der Waals surface area contributed by atoms with Crippen LogP contribution in [0.3, 0.4) is 0 Å². The molecule has 0 aliphatic carbocycles. The zero-order valence-electron chi connectivity index (χ0n) is 10.9. The molecule has 1 amide bonds. The summed E-state index contributed by atoms with van der Waals surface area (Å²) in [5.74, 6) is -0.744. The highest BCUT2D eigenvalue weighted by Crippen LogP contribution is 2.17. The van der Waals surface area contributed by atoms with Gasteiger partial charge >= 0.3 is 5.97 Å². The van der Waals surface area contributed by atoms with Crippen LogP contribution in [0.1, 0.15) is 31.9 Å². The molecule has 0 aliphatic rings. The molecule has 5 nitrogen and oxygen atoms in total. The van der Waals surface area contributed by atoms with Crippen molar-refractivity contribution in [2.24, 2.45) is 0 Å². The van der Waals surface area contributed by atoms with E-state index in [-0.39, 0.29) is 12.3 Å². The minimum absolute atomic E-state index is 0.00435. The molecule has 100 valence electrons. The Kier molecular flexibility index (Phi) is 5.55. The normalized spacial score (nSPS) is 12.9. The second kappa shape index (κ2) is 7.17. The van der Waals surface area contributed by atoms with Gasteiger partial charge in [0.15, 0.2) is 6.10 Å². The van der Waals surface area contributed by atoms with Gasteiger partial charge in [0.1, 0.15) is 6.07 Å². The van der Waals surface area contributed by atoms with Gasteiger partial charge in [-0.05, 0) is 12.5 Å². The Morgan fingerprint density at radius 3 is 2.53 bits per heavy atom. The molecule has 0 unspecified atom stereocenters. The van der Waals surface area contributed by atoms with Crippen LogP contribution in [0.2, 0.25) is 0 Å². The summed E-state index contributed by atoms with van der Waals surface area (Å²) in [6, 6.07) is 10.5. The first-order valence-corrected chi connectivity index (χ1v) is 5.94. The Morgan fingerprint density at radius 2 is 2.00 bits per heavy atom. The van der Waals surface area contributed by atoms with Crippen LogP contribution in [0.15, 0.2) is 30.3 Å². The van der Waals surface area contributed by atoms with Crippen LogP contribution >= 0.6 is 0 Å². The van der Waals surface area contributed by atoms with E-state index in [1.165, 1.54) is 13.8 Å². The van der Waals surface area contributed by atoms with Gasteiger partial charge in [0.25, 0.3) is 0 Å². The van der Waals surface area contributed by atoms with E-state index < -0.39 is 18.1 Å². The lowest BCUT2D eigenvalue weighted by Gasteiger charge is -2.18. The fraction of sp³-hybridized carbons (Fsp3) is 0.357. The number of carbonyl (C=O) groups is 2. The molecule has 1 N–H and O–H groups in total. The molecule has 0 saturated carbocycles. The van der Waals surface area contributed by atoms with Crippen molar-refractivity contribution in [2.75, 3.05) is 0 Å². The summed E-state index contributed by atoms with van der Waals surface area (Å²) in [6.07, 6.45) is -0.795. The lowest BCUT2D eigenvalue weighted by molar-refractivity contribution is -0.146. The maximum Gasteiger partial charge on any atom is 0.309 e. The zero-order valence-corrected chi connectivity index (χ0v) is 10.9. The van der Waals surface area contributed by atoms with Crippen molar-refractivity contribution >= 4 is 11.9 Å². The highest BCUT2D eigenvalue weighted by molar-refractivity contribution is 5.76. The quantitative estimate of drug-likeness (QED) is 0.817. The van der Waals surface area contributed by atoms with Gasteiger partial charge in [-0.1, -0.05) is 30.3 Å². The lowest BCUT2D eigenvalue weighted by Crippen LogP contribution is -2.29. The third-order valence-electron chi connectivity index (χ3n) is 2.44. The molecule has 5 heteroatoms. The number of rotatable bonds is 5. The van der Waals surface area contributed by atoms with Gasteiger partial charge in [-0.25, -0.2) is 0 Å². The Morgan fingerprint density at radius 1 is 1.37 bits per heavy atom. The molecular formula is C14H16N2O3. The van der Waals surface area contributed by atoms with Crippen molar-refractivity contribution in [1.82, 2.24) is 5.32 Å². The van der Waals surface area contributed by atoms with E-state index in [2.05, 4.69) is 5.32 Å². The van der Waals surface area contributed by atoms with Crippen molar-refractivity contribution in [2.45, 2.75) is 32.4 Å². The van der Waals surface area contributed by atoms with Crippen LogP contribution in [0.25, 0.3) is 0 Å². The average Bonchev–Trinajstić information content (AvgIpc) is 2.38. The fourth-order valence-corrected chi connectivity index (χ4v) is 1.62. The Hall–Kier alpha value is -2.35. The zero-order chi connectivity index (χ0) is 14.3. The van der Waals surface area contributed by atoms with E-state index in [0.29, 0.717) is 0 Å². The molecule has 0 saturated heterocycles. The predicted octanol–water partition coefficient (Wildman–Crippen LogP) is 1.71. The summed E-state index contributed by atoms with van der Waals surface area (Å²) in [5.41, 5.74) is 0.819. The number of hydrogen-bond acceptors (Lipinski definition) is 4. The molecule has 0 aromatic heterocycles. The fourth-order valence-electron chi connectivity index (χ4n) is 1.62. The van der Waals surface area contributed by atoms with E-state index in [0.717, 1.165) is 5.56 Å². The van der Waals surface area contributed by atoms with Gasteiger partial charge in [-0.2, -0.15) is 5.26 Å². The third kappa shape index (κ3) is 5.21. The van der Waals surface area contributed by atoms with Crippen LogP contribution in [0.5, 0.6) is 0 Å². The summed E-state index contributed by atoms with van der Waals surface area (Å²) in [4.78, 5) is 22.8. The van der Waals surface area contributed by atoms with E-state index >= 15 is 0 Å². The molecule has 19 heavy (non-hydrogen) atoms. The maximum atomic E-state index is 11.7. The molecule has 0 bridgehead atoms. The van der Waals surface area contributed by atoms with E-state index in [1.807, 2.05) is 36.4 Å². The first-order valence-electron chi connectivity index (χ1n) is 5.94. The van der Waals surface area contributed by atoms with Crippen LogP contribution in [0, 0.1) is 11.3 Å². The van der Waals surface area contributed by atoms with E-state index in [9.17, 15) is 9.59 Å². The molecule has 1 aromatic rings. The minimum atomic E-state index is -0.791. The summed E-state index contributed by atoms with van der Waals surface area (Å²) < 4.78 is 4.88. The smallest absolute Gasteiger partial charge is 0.309 e. The first-order chi connectivity index (χ1) is 9.02. The van der Waals surface area contributed by atoms with Gasteiger partial charge < -0.3 is 10.1 Å². The summed E-state index contributed by atoms with van der Waals surface area (Å²) in [7, 11) is 0. The number of carbonyl (C=O) groups excluding carboxylic acids is 2. The van der Waals surface area contributed by atoms with E-state index in [1.54, 1.807) is 0 Å². The number of nitrogens with one attached hydrogen (secondary N) is 1. The molecule has 0 heterocycles. The van der Waals surface area contributed by atoms with Gasteiger partial charge in [-0.15, -0.1) is 0 Å². The van der Waals surface area contributed by atoms with Crippen LogP contribution in [-0.4, -0.2) is 18.0 Å². The number of amides is 1. The monoisotopic (exact) mass is 260 g/mol. The number of nitrogens with zero attached hydrogens (tertiary/aromatic N) is 1. The lowest BCUT2D eigenvalue weighted by atomic mass is 10.0. The van der Waals surface area contributed by atoms with Crippen LogP contribution in [0.4, 0.5) is 0 Å². The largest absolute Gasteiger partial charge is 0.447 e. The van der Waals surface area contributed by atoms with Crippen molar-refractivity contribution in [1.29, 1.82) is 5.26 Å². The Bertz CT molecular complexity index is 479. The van der Waals surface area contributed by atoms with Crippen molar-refractivity contribution in [3.8, 4) is 6.07 Å². The molecular weight excluding hydrogens is 244 g/mol. The number of hydrogen-bond donors (Lipinski definition) is 1. The summed E-state index contributed by atoms with van der Waals surface area (Å²) in [6.45, 7) is 2.88. The number of benzene rings is 1. The molecule has 1 aromatic carbocycles. The number of ether oxygens (including phenoxy) is 1. The summed E-state index contributed by atoms with van der Waals surface area (Å²) >= 11 is 0. The topological polar surface area (TPSA) is 79.2 Å². The Balaban J connectivity index is 2.74. The highest BCUT2D eigenvalue weighted by Gasteiger charge is 2.19. The minimum Gasteiger partial charge on any atom is -0.447 e. The third-order valence-corrected chi connectivity index (χ3v) is 2.44. The second-order valence-electron chi connectivity index (χ2n) is 4.13. The van der Waals surface area contributed by atoms with Crippen molar-refractivity contribution in [3.63, 3.8) is 0 Å². The molecule has 0 spiro atoms. The molecule has 0 aliphatic heterocycles. The number of nitriles is 1. The summed E-state index contributed by atoms with van der Waals surface area (Å²) in [5, 5.41) is 11.3. The first kappa shape index (κ1) is 14.7. The van der Waals surface area contributed by atoms with Gasteiger partial charge in [0.2, 0.25) is 5.91 Å². The van der Waals surface area contributed by atoms with Crippen molar-refractivity contribution in [3.05, 3.63) is 35.9 Å².